The largest absolute Gasteiger partial charge is 0.487 e. The quantitative estimate of drug-likeness (QED) is 0.624. The van der Waals surface area contributed by atoms with E-state index in [1.807, 2.05) is 13.8 Å². The van der Waals surface area contributed by atoms with E-state index in [1.54, 1.807) is 19.1 Å². The smallest absolute Gasteiger partial charge is 0.310 e. The predicted octanol–water partition coefficient (Wildman–Crippen LogP) is 2.55. The van der Waals surface area contributed by atoms with Gasteiger partial charge in [0.05, 0.1) is 17.6 Å². The van der Waals surface area contributed by atoms with Crippen molar-refractivity contribution in [2.45, 2.75) is 33.3 Å². The normalized spacial score (nSPS) is 12.5. The second kappa shape index (κ2) is 6.35. The lowest BCUT2D eigenvalue weighted by Gasteiger charge is -2.15. The van der Waals surface area contributed by atoms with Crippen molar-refractivity contribution >= 4 is 5.69 Å². The molecule has 0 aliphatic carbocycles. The molecule has 0 amide bonds. The van der Waals surface area contributed by atoms with Crippen molar-refractivity contribution in [3.05, 3.63) is 33.9 Å². The van der Waals surface area contributed by atoms with Crippen LogP contribution in [0.4, 0.5) is 5.69 Å². The number of aliphatic hydroxyl groups excluding tert-OH is 1. The van der Waals surface area contributed by atoms with Gasteiger partial charge < -0.3 is 9.84 Å². The van der Waals surface area contributed by atoms with E-state index in [9.17, 15) is 15.2 Å². The maximum absolute atomic E-state index is 10.8. The van der Waals surface area contributed by atoms with Gasteiger partial charge in [-0.1, -0.05) is 19.9 Å². The van der Waals surface area contributed by atoms with Crippen molar-refractivity contribution in [1.29, 1.82) is 0 Å². The van der Waals surface area contributed by atoms with E-state index in [-0.39, 0.29) is 17.4 Å². The van der Waals surface area contributed by atoms with Crippen molar-refractivity contribution in [1.82, 2.24) is 0 Å². The Morgan fingerprint density at radius 2 is 2.11 bits per heavy atom. The second-order valence-electron chi connectivity index (χ2n) is 4.51. The summed E-state index contributed by atoms with van der Waals surface area (Å²) in [5.41, 5.74) is 0.796. The van der Waals surface area contributed by atoms with Crippen molar-refractivity contribution < 1.29 is 14.8 Å². The van der Waals surface area contributed by atoms with E-state index < -0.39 is 11.0 Å². The first-order valence-corrected chi connectivity index (χ1v) is 6.03. The van der Waals surface area contributed by atoms with E-state index in [2.05, 4.69) is 0 Å². The standard InChI is InChI=1S/C13H19NO4/c1-4-18-13-8-10(7-12(15)9(2)3)5-6-11(13)14(16)17/h5-6,8-9,12,15H,4,7H2,1-3H3. The highest BCUT2D eigenvalue weighted by atomic mass is 16.6. The van der Waals surface area contributed by atoms with Gasteiger partial charge in [0.1, 0.15) is 0 Å². The molecule has 0 saturated heterocycles. The minimum Gasteiger partial charge on any atom is -0.487 e. The zero-order valence-corrected chi connectivity index (χ0v) is 10.9. The number of hydrogen-bond donors (Lipinski definition) is 1. The van der Waals surface area contributed by atoms with Crippen LogP contribution in [-0.2, 0) is 6.42 Å². The lowest BCUT2D eigenvalue weighted by molar-refractivity contribution is -0.385. The van der Waals surface area contributed by atoms with Gasteiger partial charge in [-0.25, -0.2) is 0 Å². The van der Waals surface area contributed by atoms with Gasteiger partial charge in [-0.05, 0) is 30.9 Å². The summed E-state index contributed by atoms with van der Waals surface area (Å²) in [7, 11) is 0. The minimum absolute atomic E-state index is 0.0420. The highest BCUT2D eigenvalue weighted by Gasteiger charge is 2.17. The van der Waals surface area contributed by atoms with Crippen LogP contribution >= 0.6 is 0 Å². The fraction of sp³-hybridized carbons (Fsp3) is 0.538. The topological polar surface area (TPSA) is 72.6 Å². The molecule has 0 aliphatic heterocycles. The number of nitro benzene ring substituents is 1. The molecule has 1 rings (SSSR count). The van der Waals surface area contributed by atoms with E-state index in [0.717, 1.165) is 5.56 Å². The Hall–Kier alpha value is -1.62. The summed E-state index contributed by atoms with van der Waals surface area (Å²) in [6.07, 6.45) is 0.0105. The van der Waals surface area contributed by atoms with Crippen molar-refractivity contribution in [3.63, 3.8) is 0 Å². The molecule has 0 fully saturated rings. The van der Waals surface area contributed by atoms with Crippen LogP contribution in [0.15, 0.2) is 18.2 Å². The molecule has 0 aliphatic rings. The van der Waals surface area contributed by atoms with Gasteiger partial charge in [-0.15, -0.1) is 0 Å². The fourth-order valence-corrected chi connectivity index (χ4v) is 1.58. The summed E-state index contributed by atoms with van der Waals surface area (Å²) < 4.78 is 5.26. The molecule has 100 valence electrons. The van der Waals surface area contributed by atoms with Gasteiger partial charge in [0.25, 0.3) is 0 Å². The monoisotopic (exact) mass is 253 g/mol. The van der Waals surface area contributed by atoms with Crippen LogP contribution in [0.25, 0.3) is 0 Å². The third-order valence-corrected chi connectivity index (χ3v) is 2.74. The zero-order chi connectivity index (χ0) is 13.7. The molecular formula is C13H19NO4. The summed E-state index contributed by atoms with van der Waals surface area (Å²) in [5, 5.41) is 20.6. The highest BCUT2D eigenvalue weighted by molar-refractivity contribution is 5.48. The molecule has 1 N–H and O–H groups in total. The van der Waals surface area contributed by atoms with Gasteiger partial charge in [-0.2, -0.15) is 0 Å². The Bertz CT molecular complexity index is 417. The molecule has 1 aromatic carbocycles. The van der Waals surface area contributed by atoms with E-state index in [0.29, 0.717) is 13.0 Å². The lowest BCUT2D eigenvalue weighted by Crippen LogP contribution is -2.17. The number of nitro groups is 1. The molecule has 0 saturated carbocycles. The first kappa shape index (κ1) is 14.4. The molecule has 1 unspecified atom stereocenters. The number of aliphatic hydroxyl groups is 1. The number of nitrogens with zero attached hydrogens (tertiary/aromatic N) is 1. The number of hydrogen-bond acceptors (Lipinski definition) is 4. The molecule has 0 bridgehead atoms. The Kier molecular flexibility index (Phi) is 5.09. The predicted molar refractivity (Wildman–Crippen MR) is 68.8 cm³/mol. The first-order valence-electron chi connectivity index (χ1n) is 6.03. The van der Waals surface area contributed by atoms with Crippen LogP contribution in [0, 0.1) is 16.0 Å². The molecule has 0 aromatic heterocycles. The van der Waals surface area contributed by atoms with Crippen molar-refractivity contribution in [2.75, 3.05) is 6.61 Å². The zero-order valence-electron chi connectivity index (χ0n) is 10.9. The summed E-state index contributed by atoms with van der Waals surface area (Å²) in [5.74, 6) is 0.409. The van der Waals surface area contributed by atoms with Crippen LogP contribution < -0.4 is 4.74 Å². The average Bonchev–Trinajstić information content (AvgIpc) is 2.29. The maximum Gasteiger partial charge on any atom is 0.310 e. The van der Waals surface area contributed by atoms with Gasteiger partial charge in [0.15, 0.2) is 5.75 Å². The van der Waals surface area contributed by atoms with Crippen LogP contribution in [-0.4, -0.2) is 22.7 Å². The SMILES string of the molecule is CCOc1cc(CC(O)C(C)C)ccc1[N+](=O)[O-]. The number of benzene rings is 1. The molecule has 5 nitrogen and oxygen atoms in total. The fourth-order valence-electron chi connectivity index (χ4n) is 1.58. The second-order valence-corrected chi connectivity index (χ2v) is 4.51. The molecule has 0 spiro atoms. The lowest BCUT2D eigenvalue weighted by atomic mass is 9.99. The van der Waals surface area contributed by atoms with Crippen molar-refractivity contribution in [2.24, 2.45) is 5.92 Å². The van der Waals surface area contributed by atoms with Gasteiger partial charge in [0, 0.05) is 6.07 Å². The summed E-state index contributed by atoms with van der Waals surface area (Å²) >= 11 is 0. The van der Waals surface area contributed by atoms with Gasteiger partial charge >= 0.3 is 5.69 Å². The first-order chi connectivity index (χ1) is 8.45. The van der Waals surface area contributed by atoms with Crippen LogP contribution in [0.3, 0.4) is 0 Å². The summed E-state index contributed by atoms with van der Waals surface area (Å²) in [4.78, 5) is 10.3. The maximum atomic E-state index is 10.8. The van der Waals surface area contributed by atoms with E-state index in [4.69, 9.17) is 4.74 Å². The van der Waals surface area contributed by atoms with E-state index in [1.165, 1.54) is 6.07 Å². The third-order valence-electron chi connectivity index (χ3n) is 2.74. The Morgan fingerprint density at radius 3 is 2.61 bits per heavy atom. The molecule has 1 atom stereocenters. The number of ether oxygens (including phenoxy) is 1. The molecule has 18 heavy (non-hydrogen) atoms. The van der Waals surface area contributed by atoms with Crippen LogP contribution in [0.5, 0.6) is 5.75 Å². The van der Waals surface area contributed by atoms with Gasteiger partial charge in [-0.3, -0.25) is 10.1 Å². The number of rotatable bonds is 6. The molecule has 0 radical (unpaired) electrons. The van der Waals surface area contributed by atoms with Gasteiger partial charge in [0.2, 0.25) is 0 Å². The highest BCUT2D eigenvalue weighted by Crippen LogP contribution is 2.28. The van der Waals surface area contributed by atoms with E-state index >= 15 is 0 Å². The van der Waals surface area contributed by atoms with Crippen LogP contribution in [0.2, 0.25) is 0 Å². The average molecular weight is 253 g/mol. The molecule has 0 heterocycles. The Balaban J connectivity index is 2.96. The molecular weight excluding hydrogens is 234 g/mol. The minimum atomic E-state index is -0.465. The Morgan fingerprint density at radius 1 is 1.44 bits per heavy atom. The van der Waals surface area contributed by atoms with Crippen LogP contribution in [0.1, 0.15) is 26.3 Å². The summed E-state index contributed by atoms with van der Waals surface area (Å²) in [6.45, 7) is 6.01. The summed E-state index contributed by atoms with van der Waals surface area (Å²) in [6, 6.07) is 4.72. The molecule has 5 heteroatoms. The Labute approximate surface area is 107 Å². The van der Waals surface area contributed by atoms with Crippen molar-refractivity contribution in [3.8, 4) is 5.75 Å². The third kappa shape index (κ3) is 3.70. The molecule has 1 aromatic rings.